The molecule has 0 aliphatic carbocycles. The lowest BCUT2D eigenvalue weighted by Crippen LogP contribution is -2.43. The molecular formula is C15H26NO3. The van der Waals surface area contributed by atoms with E-state index >= 15 is 0 Å². The first kappa shape index (κ1) is 16.0. The van der Waals surface area contributed by atoms with Gasteiger partial charge in [0.1, 0.15) is 0 Å². The van der Waals surface area contributed by atoms with Crippen LogP contribution in [-0.2, 0) is 14.3 Å². The van der Waals surface area contributed by atoms with Gasteiger partial charge in [-0.1, -0.05) is 25.7 Å². The summed E-state index contributed by atoms with van der Waals surface area (Å²) in [7, 11) is 0. The molecule has 1 radical (unpaired) electrons. The maximum absolute atomic E-state index is 11.4. The Morgan fingerprint density at radius 2 is 2.05 bits per heavy atom. The van der Waals surface area contributed by atoms with Crippen LogP contribution in [0.4, 0.5) is 0 Å². The number of carbonyl (C=O) groups excluding carboxylic acids is 2. The van der Waals surface area contributed by atoms with Crippen LogP contribution >= 0.6 is 0 Å². The van der Waals surface area contributed by atoms with E-state index < -0.39 is 0 Å². The van der Waals surface area contributed by atoms with Crippen LogP contribution in [0.25, 0.3) is 0 Å². The predicted molar refractivity (Wildman–Crippen MR) is 74.3 cm³/mol. The summed E-state index contributed by atoms with van der Waals surface area (Å²) < 4.78 is 4.54. The fourth-order valence-electron chi connectivity index (χ4n) is 3.00. The summed E-state index contributed by atoms with van der Waals surface area (Å²) in [4.78, 5) is 23.2. The normalized spacial score (nSPS) is 23.2. The average Bonchev–Trinajstić information content (AvgIpc) is 2.37. The van der Waals surface area contributed by atoms with E-state index in [0.717, 1.165) is 38.1 Å². The molecule has 1 heterocycles. The summed E-state index contributed by atoms with van der Waals surface area (Å²) >= 11 is 0. The molecule has 1 fully saturated rings. The van der Waals surface area contributed by atoms with Crippen LogP contribution in [-0.4, -0.2) is 36.5 Å². The van der Waals surface area contributed by atoms with Gasteiger partial charge in [0.05, 0.1) is 6.61 Å². The minimum atomic E-state index is 0.206. The second-order valence-electron chi connectivity index (χ2n) is 5.59. The number of ether oxygens (including phenoxy) is 1. The molecule has 109 valence electrons. The van der Waals surface area contributed by atoms with Crippen LogP contribution in [0.15, 0.2) is 0 Å². The van der Waals surface area contributed by atoms with Gasteiger partial charge in [-0.05, 0) is 32.1 Å². The van der Waals surface area contributed by atoms with Crippen molar-refractivity contribution in [1.29, 1.82) is 0 Å². The van der Waals surface area contributed by atoms with Crippen molar-refractivity contribution in [3.05, 3.63) is 0 Å². The van der Waals surface area contributed by atoms with Gasteiger partial charge < -0.3 is 9.64 Å². The minimum absolute atomic E-state index is 0.206. The summed E-state index contributed by atoms with van der Waals surface area (Å²) in [6.45, 7) is 6.68. The van der Waals surface area contributed by atoms with E-state index in [9.17, 15) is 9.59 Å². The van der Waals surface area contributed by atoms with Crippen LogP contribution < -0.4 is 0 Å². The number of hydrogen-bond donors (Lipinski definition) is 0. The number of nitrogens with zero attached hydrogens (tertiary/aromatic N) is 1. The molecule has 4 heteroatoms. The zero-order valence-electron chi connectivity index (χ0n) is 12.2. The summed E-state index contributed by atoms with van der Waals surface area (Å²) in [5, 5.41) is 0. The molecule has 1 amide bonds. The van der Waals surface area contributed by atoms with Gasteiger partial charge in [-0.15, -0.1) is 0 Å². The van der Waals surface area contributed by atoms with Crippen molar-refractivity contribution >= 4 is 12.4 Å². The van der Waals surface area contributed by atoms with E-state index in [2.05, 4.69) is 11.7 Å². The van der Waals surface area contributed by atoms with Gasteiger partial charge in [-0.3, -0.25) is 4.79 Å². The van der Waals surface area contributed by atoms with Gasteiger partial charge in [0.15, 0.2) is 0 Å². The minimum Gasteiger partial charge on any atom is -0.457 e. The third kappa shape index (κ3) is 6.08. The Morgan fingerprint density at radius 1 is 1.32 bits per heavy atom. The molecule has 0 aromatic carbocycles. The smallest absolute Gasteiger partial charge is 0.417 e. The van der Waals surface area contributed by atoms with Gasteiger partial charge in [0.2, 0.25) is 5.91 Å². The number of carbonyl (C=O) groups is 1. The standard InChI is InChI=1S/C15H26NO3/c1-13-11-15(8-9-16(13)14(2)18)7-5-3-4-6-10-19-12-17/h13,15H,3-11H2,1-2H3. The van der Waals surface area contributed by atoms with Crippen molar-refractivity contribution in [2.45, 2.75) is 64.8 Å². The third-order valence-corrected chi connectivity index (χ3v) is 4.06. The van der Waals surface area contributed by atoms with Crippen molar-refractivity contribution in [3.8, 4) is 0 Å². The Kier molecular flexibility index (Phi) is 7.53. The Hall–Kier alpha value is -1.06. The molecule has 1 aliphatic heterocycles. The lowest BCUT2D eigenvalue weighted by Gasteiger charge is -2.37. The van der Waals surface area contributed by atoms with Crippen molar-refractivity contribution in [3.63, 3.8) is 0 Å². The Labute approximate surface area is 116 Å². The molecular weight excluding hydrogens is 242 g/mol. The second-order valence-corrected chi connectivity index (χ2v) is 5.59. The number of unbranched alkanes of at least 4 members (excludes halogenated alkanes) is 3. The van der Waals surface area contributed by atoms with Gasteiger partial charge in [0.25, 0.3) is 0 Å². The molecule has 1 aliphatic rings. The van der Waals surface area contributed by atoms with E-state index in [1.165, 1.54) is 25.7 Å². The number of likely N-dealkylation sites (tertiary alicyclic amines) is 1. The predicted octanol–water partition coefficient (Wildman–Crippen LogP) is 2.67. The summed E-state index contributed by atoms with van der Waals surface area (Å²) in [5.74, 6) is 0.975. The van der Waals surface area contributed by atoms with Crippen LogP contribution in [0.2, 0.25) is 0 Å². The molecule has 0 N–H and O–H groups in total. The molecule has 19 heavy (non-hydrogen) atoms. The highest BCUT2D eigenvalue weighted by molar-refractivity contribution is 5.73. The van der Waals surface area contributed by atoms with Crippen LogP contribution in [0.5, 0.6) is 0 Å². The van der Waals surface area contributed by atoms with Crippen LogP contribution in [0.3, 0.4) is 0 Å². The topological polar surface area (TPSA) is 46.6 Å². The molecule has 0 saturated carbocycles. The van der Waals surface area contributed by atoms with E-state index in [0.29, 0.717) is 12.6 Å². The van der Waals surface area contributed by atoms with E-state index in [1.54, 1.807) is 6.92 Å². The molecule has 0 bridgehead atoms. The largest absolute Gasteiger partial charge is 0.457 e. The SMILES string of the molecule is CC(=O)N1CCC(CCCCCCO[C]=O)CC1C. The zero-order valence-corrected chi connectivity index (χ0v) is 12.2. The lowest BCUT2D eigenvalue weighted by molar-refractivity contribution is -0.132. The summed E-state index contributed by atoms with van der Waals surface area (Å²) in [5.41, 5.74) is 0. The third-order valence-electron chi connectivity index (χ3n) is 4.06. The highest BCUT2D eigenvalue weighted by Gasteiger charge is 2.26. The first-order chi connectivity index (χ1) is 9.15. The zero-order chi connectivity index (χ0) is 14.1. The Morgan fingerprint density at radius 3 is 2.68 bits per heavy atom. The van der Waals surface area contributed by atoms with E-state index in [-0.39, 0.29) is 5.91 Å². The number of rotatable bonds is 8. The Bertz CT molecular complexity index is 281. The monoisotopic (exact) mass is 268 g/mol. The Balaban J connectivity index is 2.05. The van der Waals surface area contributed by atoms with Crippen LogP contribution in [0.1, 0.15) is 58.8 Å². The molecule has 1 saturated heterocycles. The first-order valence-electron chi connectivity index (χ1n) is 7.41. The van der Waals surface area contributed by atoms with Crippen molar-refractivity contribution in [1.82, 2.24) is 4.90 Å². The average molecular weight is 268 g/mol. The van der Waals surface area contributed by atoms with Gasteiger partial charge >= 0.3 is 6.47 Å². The number of amides is 1. The summed E-state index contributed by atoms with van der Waals surface area (Å²) in [6, 6.07) is 0.396. The molecule has 4 nitrogen and oxygen atoms in total. The van der Waals surface area contributed by atoms with Gasteiger partial charge in [-0.2, -0.15) is 0 Å². The van der Waals surface area contributed by atoms with Crippen molar-refractivity contribution in [2.24, 2.45) is 5.92 Å². The molecule has 2 unspecified atom stereocenters. The number of piperidine rings is 1. The molecule has 2 atom stereocenters. The second kappa shape index (κ2) is 8.94. The highest BCUT2D eigenvalue weighted by atomic mass is 16.5. The maximum Gasteiger partial charge on any atom is 0.417 e. The highest BCUT2D eigenvalue weighted by Crippen LogP contribution is 2.27. The maximum atomic E-state index is 11.4. The van der Waals surface area contributed by atoms with Gasteiger partial charge in [-0.25, -0.2) is 4.79 Å². The van der Waals surface area contributed by atoms with E-state index in [1.807, 2.05) is 4.90 Å². The van der Waals surface area contributed by atoms with Crippen molar-refractivity contribution < 1.29 is 14.3 Å². The number of hydrogen-bond acceptors (Lipinski definition) is 3. The fraction of sp³-hybridized carbons (Fsp3) is 0.867. The molecule has 0 spiro atoms. The van der Waals surface area contributed by atoms with Gasteiger partial charge in [0, 0.05) is 19.5 Å². The van der Waals surface area contributed by atoms with Crippen molar-refractivity contribution in [2.75, 3.05) is 13.2 Å². The molecule has 1 rings (SSSR count). The summed E-state index contributed by atoms with van der Waals surface area (Å²) in [6.07, 6.45) is 8.04. The molecule has 0 aromatic heterocycles. The molecule has 0 aromatic rings. The fourth-order valence-corrected chi connectivity index (χ4v) is 3.00. The van der Waals surface area contributed by atoms with E-state index in [4.69, 9.17) is 0 Å². The quantitative estimate of drug-likeness (QED) is 0.636. The lowest BCUT2D eigenvalue weighted by atomic mass is 9.87. The first-order valence-corrected chi connectivity index (χ1v) is 7.41. The van der Waals surface area contributed by atoms with Crippen LogP contribution in [0, 0.1) is 5.92 Å².